The van der Waals surface area contributed by atoms with Crippen molar-refractivity contribution in [2.45, 2.75) is 19.6 Å². The van der Waals surface area contributed by atoms with Crippen molar-refractivity contribution in [1.82, 2.24) is 14.8 Å². The zero-order chi connectivity index (χ0) is 21.2. The summed E-state index contributed by atoms with van der Waals surface area (Å²) in [7, 11) is 1.71. The van der Waals surface area contributed by atoms with E-state index < -0.39 is 17.6 Å². The maximum Gasteiger partial charge on any atom is 0.419 e. The fraction of sp³-hybridized carbons (Fsp3) is 0.211. The van der Waals surface area contributed by atoms with E-state index in [0.717, 1.165) is 11.9 Å². The van der Waals surface area contributed by atoms with Gasteiger partial charge < -0.3 is 16.4 Å². The first-order valence-corrected chi connectivity index (χ1v) is 8.61. The molecule has 2 aromatic heterocycles. The van der Waals surface area contributed by atoms with Gasteiger partial charge in [0.1, 0.15) is 11.6 Å². The number of benzene rings is 1. The van der Waals surface area contributed by atoms with Gasteiger partial charge in [0.25, 0.3) is 0 Å². The lowest BCUT2D eigenvalue weighted by molar-refractivity contribution is -0.137. The van der Waals surface area contributed by atoms with Crippen LogP contribution in [0.1, 0.15) is 27.2 Å². The van der Waals surface area contributed by atoms with E-state index in [1.165, 1.54) is 12.1 Å². The summed E-state index contributed by atoms with van der Waals surface area (Å²) in [4.78, 5) is 15.4. The number of pyridine rings is 1. The maximum absolute atomic E-state index is 13.4. The van der Waals surface area contributed by atoms with Crippen LogP contribution in [0.25, 0.3) is 0 Å². The molecule has 1 amide bonds. The Morgan fingerprint density at radius 1 is 1.24 bits per heavy atom. The number of nitrogens with zero attached hydrogens (tertiary/aromatic N) is 3. The number of carbonyl (C=O) groups excluding carboxylic acids is 1. The Labute approximate surface area is 164 Å². The number of anilines is 3. The van der Waals surface area contributed by atoms with Gasteiger partial charge in [-0.05, 0) is 18.6 Å². The molecule has 2 heterocycles. The molecule has 0 saturated heterocycles. The molecule has 152 valence electrons. The van der Waals surface area contributed by atoms with Crippen molar-refractivity contribution < 1.29 is 18.0 Å². The van der Waals surface area contributed by atoms with E-state index in [1.54, 1.807) is 42.9 Å². The summed E-state index contributed by atoms with van der Waals surface area (Å²) in [6.07, 6.45) is -3.84. The van der Waals surface area contributed by atoms with Crippen LogP contribution in [-0.2, 0) is 19.8 Å². The topological polar surface area (TPSA) is 97.9 Å². The molecule has 29 heavy (non-hydrogen) atoms. The van der Waals surface area contributed by atoms with Gasteiger partial charge in [0, 0.05) is 37.5 Å². The van der Waals surface area contributed by atoms with Crippen LogP contribution in [0.3, 0.4) is 0 Å². The third-order valence-electron chi connectivity index (χ3n) is 4.22. The normalized spacial score (nSPS) is 11.3. The molecule has 0 atom stereocenters. The van der Waals surface area contributed by atoms with E-state index in [4.69, 9.17) is 5.73 Å². The second-order valence-corrected chi connectivity index (χ2v) is 6.41. The smallest absolute Gasteiger partial charge is 0.380 e. The molecule has 3 aromatic rings. The number of hydrogen-bond donors (Lipinski definition) is 3. The van der Waals surface area contributed by atoms with Gasteiger partial charge in [-0.1, -0.05) is 18.2 Å². The Bertz CT molecular complexity index is 1040. The number of nitrogens with one attached hydrogen (secondary N) is 2. The van der Waals surface area contributed by atoms with Crippen molar-refractivity contribution in [2.24, 2.45) is 12.8 Å². The minimum Gasteiger partial charge on any atom is -0.380 e. The Morgan fingerprint density at radius 3 is 2.59 bits per heavy atom. The zero-order valence-corrected chi connectivity index (χ0v) is 15.7. The maximum atomic E-state index is 13.4. The lowest BCUT2D eigenvalue weighted by atomic mass is 10.1. The molecular formula is C19H19F3N6O. The third-order valence-corrected chi connectivity index (χ3v) is 4.22. The summed E-state index contributed by atoms with van der Waals surface area (Å²) in [6, 6.07) is 9.47. The summed E-state index contributed by atoms with van der Waals surface area (Å²) in [5.74, 6) is 0.147. The summed E-state index contributed by atoms with van der Waals surface area (Å²) >= 11 is 0. The number of rotatable bonds is 6. The van der Waals surface area contributed by atoms with Crippen LogP contribution in [0.2, 0.25) is 0 Å². The van der Waals surface area contributed by atoms with Gasteiger partial charge in [-0.3, -0.25) is 9.48 Å². The lowest BCUT2D eigenvalue weighted by Crippen LogP contribution is -2.16. The Kier molecular flexibility index (Phi) is 5.44. The number of hydrogen-bond acceptors (Lipinski definition) is 5. The van der Waals surface area contributed by atoms with Crippen LogP contribution in [0.5, 0.6) is 0 Å². The number of aryl methyl sites for hydroxylation is 2. The Hall–Kier alpha value is -3.56. The van der Waals surface area contributed by atoms with E-state index >= 15 is 0 Å². The van der Waals surface area contributed by atoms with Crippen LogP contribution < -0.4 is 16.4 Å². The first-order valence-electron chi connectivity index (χ1n) is 8.61. The van der Waals surface area contributed by atoms with Gasteiger partial charge in [0.15, 0.2) is 0 Å². The number of amides is 1. The van der Waals surface area contributed by atoms with Crippen molar-refractivity contribution in [3.05, 3.63) is 65.0 Å². The summed E-state index contributed by atoms with van der Waals surface area (Å²) in [5, 5.41) is 9.87. The number of alkyl halides is 3. The highest BCUT2D eigenvalue weighted by molar-refractivity contribution is 5.94. The number of primary amides is 1. The molecular weight excluding hydrogens is 385 g/mol. The van der Waals surface area contributed by atoms with Crippen LogP contribution >= 0.6 is 0 Å². The first-order chi connectivity index (χ1) is 13.6. The minimum absolute atomic E-state index is 0.0174. The monoisotopic (exact) mass is 404 g/mol. The molecule has 3 rings (SSSR count). The highest BCUT2D eigenvalue weighted by atomic mass is 19.4. The molecule has 0 aliphatic carbocycles. The average molecular weight is 404 g/mol. The summed E-state index contributed by atoms with van der Waals surface area (Å²) in [6.45, 7) is 1.78. The highest BCUT2D eigenvalue weighted by Crippen LogP contribution is 2.36. The zero-order valence-electron chi connectivity index (χ0n) is 15.7. The van der Waals surface area contributed by atoms with E-state index in [-0.39, 0.29) is 23.6 Å². The predicted octanol–water partition coefficient (Wildman–Crippen LogP) is 3.60. The van der Waals surface area contributed by atoms with E-state index in [9.17, 15) is 18.0 Å². The molecule has 4 N–H and O–H groups in total. The van der Waals surface area contributed by atoms with Crippen molar-refractivity contribution >= 4 is 23.2 Å². The summed E-state index contributed by atoms with van der Waals surface area (Å²) < 4.78 is 41.8. The van der Waals surface area contributed by atoms with Gasteiger partial charge in [-0.2, -0.15) is 18.3 Å². The Balaban J connectivity index is 1.91. The molecule has 0 unspecified atom stereocenters. The fourth-order valence-corrected chi connectivity index (χ4v) is 2.86. The van der Waals surface area contributed by atoms with Crippen LogP contribution in [-0.4, -0.2) is 20.7 Å². The van der Waals surface area contributed by atoms with Gasteiger partial charge in [-0.25, -0.2) is 4.98 Å². The molecule has 0 spiro atoms. The van der Waals surface area contributed by atoms with Crippen LogP contribution in [0.4, 0.5) is 30.5 Å². The molecule has 0 aliphatic rings. The molecule has 0 fully saturated rings. The van der Waals surface area contributed by atoms with Crippen molar-refractivity contribution in [3.63, 3.8) is 0 Å². The van der Waals surface area contributed by atoms with Gasteiger partial charge in [0.05, 0.1) is 16.9 Å². The number of aromatic nitrogens is 3. The van der Waals surface area contributed by atoms with E-state index in [1.807, 2.05) is 0 Å². The van der Waals surface area contributed by atoms with Crippen molar-refractivity contribution in [1.29, 1.82) is 0 Å². The lowest BCUT2D eigenvalue weighted by Gasteiger charge is -2.17. The Morgan fingerprint density at radius 2 is 1.97 bits per heavy atom. The first kappa shape index (κ1) is 20.2. The van der Waals surface area contributed by atoms with Gasteiger partial charge >= 0.3 is 6.18 Å². The molecule has 0 bridgehead atoms. The van der Waals surface area contributed by atoms with Crippen LogP contribution in [0, 0.1) is 6.92 Å². The highest BCUT2D eigenvalue weighted by Gasteiger charge is 2.34. The quantitative estimate of drug-likeness (QED) is 0.583. The SMILES string of the molecule is Cc1cc(Nc2cc(NCc3ccccc3C(N)=O)c(C(F)(F)F)cn2)n(C)n1. The van der Waals surface area contributed by atoms with Crippen LogP contribution in [0.15, 0.2) is 42.6 Å². The van der Waals surface area contributed by atoms with Crippen molar-refractivity contribution in [2.75, 3.05) is 10.6 Å². The van der Waals surface area contributed by atoms with E-state index in [0.29, 0.717) is 11.4 Å². The number of nitrogens with two attached hydrogens (primary N) is 1. The molecule has 1 aromatic carbocycles. The predicted molar refractivity (Wildman–Crippen MR) is 103 cm³/mol. The molecule has 7 nitrogen and oxygen atoms in total. The fourth-order valence-electron chi connectivity index (χ4n) is 2.86. The second kappa shape index (κ2) is 7.82. The molecule has 10 heteroatoms. The second-order valence-electron chi connectivity index (χ2n) is 6.41. The average Bonchev–Trinajstić information content (AvgIpc) is 2.96. The standard InChI is InChI=1S/C19H19F3N6O/c1-11-7-17(28(2)27-11)26-16-8-15(14(10-25-16)19(20,21)22)24-9-12-5-3-4-6-13(12)18(23)29/h3-8,10H,9H2,1-2H3,(H2,23,29)(H2,24,25,26). The number of carbonyl (C=O) groups is 1. The molecule has 0 aliphatic heterocycles. The van der Waals surface area contributed by atoms with Gasteiger partial charge in [0.2, 0.25) is 5.91 Å². The minimum atomic E-state index is -4.60. The molecule has 0 saturated carbocycles. The van der Waals surface area contributed by atoms with Gasteiger partial charge in [-0.15, -0.1) is 0 Å². The number of halogens is 3. The third kappa shape index (κ3) is 4.65. The van der Waals surface area contributed by atoms with Crippen molar-refractivity contribution in [3.8, 4) is 0 Å². The summed E-state index contributed by atoms with van der Waals surface area (Å²) in [5.41, 5.74) is 5.73. The largest absolute Gasteiger partial charge is 0.419 e. The van der Waals surface area contributed by atoms with E-state index in [2.05, 4.69) is 20.7 Å². The molecule has 0 radical (unpaired) electrons.